The van der Waals surface area contributed by atoms with Crippen LogP contribution in [-0.4, -0.2) is 12.6 Å². The maximum Gasteiger partial charge on any atom is 0.306 e. The molecule has 74 valence electrons. The molecule has 0 aliphatic carbocycles. The normalized spacial score (nSPS) is 26.3. The molecule has 14 heavy (non-hydrogen) atoms. The molecule has 1 aliphatic rings. The van der Waals surface area contributed by atoms with Gasteiger partial charge in [0.2, 0.25) is 0 Å². The van der Waals surface area contributed by atoms with Crippen LogP contribution < -0.4 is 0 Å². The van der Waals surface area contributed by atoms with E-state index in [1.807, 2.05) is 31.2 Å². The van der Waals surface area contributed by atoms with Crippen molar-refractivity contribution >= 4 is 17.6 Å². The van der Waals surface area contributed by atoms with Crippen LogP contribution in [0, 0.1) is 0 Å². The first-order valence-electron chi connectivity index (χ1n) is 4.52. The third-order valence-corrected chi connectivity index (χ3v) is 2.84. The van der Waals surface area contributed by atoms with E-state index in [0.717, 1.165) is 5.56 Å². The number of carbonyl (C=O) groups excluding carboxylic acids is 1. The topological polar surface area (TPSA) is 26.3 Å². The highest BCUT2D eigenvalue weighted by Gasteiger charge is 2.37. The minimum atomic E-state index is -0.206. The summed E-state index contributed by atoms with van der Waals surface area (Å²) in [5, 5.41) is 0.697. The molecule has 1 aliphatic heterocycles. The van der Waals surface area contributed by atoms with E-state index in [9.17, 15) is 4.79 Å². The molecule has 0 saturated carbocycles. The van der Waals surface area contributed by atoms with Gasteiger partial charge in [0.1, 0.15) is 6.61 Å². The number of benzene rings is 1. The molecule has 0 bridgehead atoms. The van der Waals surface area contributed by atoms with Gasteiger partial charge in [-0.2, -0.15) is 0 Å². The van der Waals surface area contributed by atoms with Crippen molar-refractivity contribution in [2.45, 2.75) is 18.8 Å². The lowest BCUT2D eigenvalue weighted by molar-refractivity contribution is -0.137. The van der Waals surface area contributed by atoms with Gasteiger partial charge in [-0.25, -0.2) is 0 Å². The average Bonchev–Trinajstić information content (AvgIpc) is 2.48. The van der Waals surface area contributed by atoms with E-state index in [2.05, 4.69) is 0 Å². The number of ether oxygens (including phenoxy) is 1. The Bertz CT molecular complexity index is 375. The second-order valence-corrected chi connectivity index (χ2v) is 4.34. The molecule has 0 spiro atoms. The minimum absolute atomic E-state index is 0.132. The van der Waals surface area contributed by atoms with Crippen LogP contribution in [0.4, 0.5) is 0 Å². The number of cyclic esters (lactones) is 1. The molecule has 1 heterocycles. The molecule has 1 unspecified atom stereocenters. The highest BCUT2D eigenvalue weighted by Crippen LogP contribution is 2.34. The molecular weight excluding hydrogens is 200 g/mol. The van der Waals surface area contributed by atoms with Crippen molar-refractivity contribution in [3.05, 3.63) is 34.9 Å². The van der Waals surface area contributed by atoms with Gasteiger partial charge in [-0.3, -0.25) is 4.79 Å². The summed E-state index contributed by atoms with van der Waals surface area (Å²) in [7, 11) is 0. The van der Waals surface area contributed by atoms with Crippen LogP contribution in [0.5, 0.6) is 0 Å². The fourth-order valence-electron chi connectivity index (χ4n) is 1.71. The molecule has 1 aromatic carbocycles. The zero-order chi connectivity index (χ0) is 10.2. The van der Waals surface area contributed by atoms with E-state index < -0.39 is 0 Å². The van der Waals surface area contributed by atoms with Gasteiger partial charge in [0.25, 0.3) is 0 Å². The zero-order valence-corrected chi connectivity index (χ0v) is 8.67. The van der Waals surface area contributed by atoms with Gasteiger partial charge in [0.05, 0.1) is 6.42 Å². The largest absolute Gasteiger partial charge is 0.465 e. The smallest absolute Gasteiger partial charge is 0.306 e. The molecule has 0 N–H and O–H groups in total. The van der Waals surface area contributed by atoms with Crippen LogP contribution in [0.25, 0.3) is 0 Å². The van der Waals surface area contributed by atoms with Crippen molar-refractivity contribution in [2.24, 2.45) is 0 Å². The number of halogens is 1. The Morgan fingerprint density at radius 1 is 1.50 bits per heavy atom. The van der Waals surface area contributed by atoms with Crippen LogP contribution >= 0.6 is 11.6 Å². The molecular formula is C11H11ClO2. The molecule has 0 amide bonds. The van der Waals surface area contributed by atoms with Crippen molar-refractivity contribution < 1.29 is 9.53 Å². The summed E-state index contributed by atoms with van der Waals surface area (Å²) in [5.74, 6) is -0.132. The van der Waals surface area contributed by atoms with E-state index in [1.54, 1.807) is 0 Å². The van der Waals surface area contributed by atoms with Crippen molar-refractivity contribution in [3.8, 4) is 0 Å². The first-order valence-corrected chi connectivity index (χ1v) is 4.90. The quantitative estimate of drug-likeness (QED) is 0.666. The zero-order valence-electron chi connectivity index (χ0n) is 7.92. The van der Waals surface area contributed by atoms with E-state index in [0.29, 0.717) is 18.1 Å². The van der Waals surface area contributed by atoms with E-state index >= 15 is 0 Å². The number of carbonyl (C=O) groups is 1. The lowest BCUT2D eigenvalue weighted by Gasteiger charge is -2.20. The molecule has 2 nitrogen and oxygen atoms in total. The van der Waals surface area contributed by atoms with Crippen LogP contribution in [0.1, 0.15) is 18.9 Å². The Labute approximate surface area is 87.8 Å². The number of hydrogen-bond acceptors (Lipinski definition) is 2. The predicted octanol–water partition coefficient (Wildman–Crippen LogP) is 2.54. The molecule has 1 atom stereocenters. The third-order valence-electron chi connectivity index (χ3n) is 2.61. The number of esters is 1. The summed E-state index contributed by atoms with van der Waals surface area (Å²) in [4.78, 5) is 11.1. The van der Waals surface area contributed by atoms with Crippen molar-refractivity contribution in [1.82, 2.24) is 0 Å². The Morgan fingerprint density at radius 2 is 2.29 bits per heavy atom. The molecule has 0 aromatic heterocycles. The lowest BCUT2D eigenvalue weighted by atomic mass is 9.82. The maximum atomic E-state index is 11.1. The van der Waals surface area contributed by atoms with Gasteiger partial charge in [0, 0.05) is 10.4 Å². The minimum Gasteiger partial charge on any atom is -0.465 e. The van der Waals surface area contributed by atoms with Crippen molar-refractivity contribution in [3.63, 3.8) is 0 Å². The van der Waals surface area contributed by atoms with Gasteiger partial charge in [-0.1, -0.05) is 30.7 Å². The second kappa shape index (κ2) is 3.28. The Kier molecular flexibility index (Phi) is 2.23. The van der Waals surface area contributed by atoms with Crippen molar-refractivity contribution in [2.75, 3.05) is 6.61 Å². The van der Waals surface area contributed by atoms with Crippen molar-refractivity contribution in [1.29, 1.82) is 0 Å². The predicted molar refractivity (Wildman–Crippen MR) is 54.4 cm³/mol. The first kappa shape index (κ1) is 9.53. The van der Waals surface area contributed by atoms with E-state index in [1.165, 1.54) is 0 Å². The average molecular weight is 211 g/mol. The summed E-state index contributed by atoms with van der Waals surface area (Å²) >= 11 is 5.90. The molecule has 0 radical (unpaired) electrons. The summed E-state index contributed by atoms with van der Waals surface area (Å²) in [6.45, 7) is 2.47. The maximum absolute atomic E-state index is 11.1. The van der Waals surface area contributed by atoms with Crippen LogP contribution in [0.3, 0.4) is 0 Å². The van der Waals surface area contributed by atoms with Crippen LogP contribution in [0.15, 0.2) is 24.3 Å². The highest BCUT2D eigenvalue weighted by atomic mass is 35.5. The number of hydrogen-bond donors (Lipinski definition) is 0. The molecule has 2 rings (SSSR count). The second-order valence-electron chi connectivity index (χ2n) is 3.91. The van der Waals surface area contributed by atoms with Crippen LogP contribution in [-0.2, 0) is 14.9 Å². The third kappa shape index (κ3) is 1.62. The van der Waals surface area contributed by atoms with Gasteiger partial charge < -0.3 is 4.74 Å². The first-order chi connectivity index (χ1) is 6.60. The summed E-state index contributed by atoms with van der Waals surface area (Å²) < 4.78 is 4.98. The summed E-state index contributed by atoms with van der Waals surface area (Å²) in [6, 6.07) is 7.59. The van der Waals surface area contributed by atoms with Crippen LogP contribution in [0.2, 0.25) is 5.02 Å². The Balaban J connectivity index is 2.34. The standard InChI is InChI=1S/C11H11ClO2/c1-11(6-10(13)14-7-11)8-3-2-4-9(12)5-8/h2-5H,6-7H2,1H3. The van der Waals surface area contributed by atoms with Gasteiger partial charge >= 0.3 is 5.97 Å². The molecule has 3 heteroatoms. The molecule has 1 saturated heterocycles. The summed E-state index contributed by atoms with van der Waals surface area (Å²) in [5.41, 5.74) is 0.859. The van der Waals surface area contributed by atoms with Gasteiger partial charge in [-0.15, -0.1) is 0 Å². The fourth-order valence-corrected chi connectivity index (χ4v) is 1.90. The Morgan fingerprint density at radius 3 is 2.86 bits per heavy atom. The highest BCUT2D eigenvalue weighted by molar-refractivity contribution is 6.30. The van der Waals surface area contributed by atoms with E-state index in [4.69, 9.17) is 16.3 Å². The summed E-state index contributed by atoms with van der Waals surface area (Å²) in [6.07, 6.45) is 0.438. The van der Waals surface area contributed by atoms with E-state index in [-0.39, 0.29) is 11.4 Å². The number of rotatable bonds is 1. The lowest BCUT2D eigenvalue weighted by Crippen LogP contribution is -2.21. The Hall–Kier alpha value is -1.02. The monoisotopic (exact) mass is 210 g/mol. The fraction of sp³-hybridized carbons (Fsp3) is 0.364. The van der Waals surface area contributed by atoms with Gasteiger partial charge in [-0.05, 0) is 17.7 Å². The SMILES string of the molecule is CC1(c2cccc(Cl)c2)COC(=O)C1. The molecule has 1 aromatic rings. The molecule has 1 fully saturated rings. The van der Waals surface area contributed by atoms with Gasteiger partial charge in [0.15, 0.2) is 0 Å².